The average Bonchev–Trinajstić information content (AvgIpc) is 2.48. The zero-order chi connectivity index (χ0) is 14.5. The van der Waals surface area contributed by atoms with Crippen LogP contribution in [0.1, 0.15) is 11.1 Å². The lowest BCUT2D eigenvalue weighted by molar-refractivity contribution is 0.303. The molecule has 0 aliphatic carbocycles. The van der Waals surface area contributed by atoms with Gasteiger partial charge in [-0.25, -0.2) is 4.39 Å². The van der Waals surface area contributed by atoms with E-state index in [1.165, 1.54) is 19.2 Å². The van der Waals surface area contributed by atoms with Gasteiger partial charge in [-0.1, -0.05) is 17.7 Å². The second-order valence-corrected chi connectivity index (χ2v) is 4.45. The van der Waals surface area contributed by atoms with Gasteiger partial charge in [-0.3, -0.25) is 0 Å². The predicted molar refractivity (Wildman–Crippen MR) is 73.5 cm³/mol. The van der Waals surface area contributed by atoms with Gasteiger partial charge < -0.3 is 9.47 Å². The van der Waals surface area contributed by atoms with E-state index < -0.39 is 5.82 Å². The Morgan fingerprint density at radius 3 is 2.60 bits per heavy atom. The van der Waals surface area contributed by atoms with Crippen molar-refractivity contribution >= 4 is 11.6 Å². The van der Waals surface area contributed by atoms with Crippen molar-refractivity contribution in [2.24, 2.45) is 0 Å². The molecular formula is C15H11ClFNO2. The Morgan fingerprint density at radius 2 is 1.95 bits per heavy atom. The molecule has 2 rings (SSSR count). The van der Waals surface area contributed by atoms with E-state index in [0.29, 0.717) is 17.1 Å². The van der Waals surface area contributed by atoms with E-state index in [1.807, 2.05) is 6.07 Å². The van der Waals surface area contributed by atoms with Gasteiger partial charge >= 0.3 is 0 Å². The number of hydrogen-bond donors (Lipinski definition) is 0. The topological polar surface area (TPSA) is 42.2 Å². The molecule has 0 aliphatic heterocycles. The summed E-state index contributed by atoms with van der Waals surface area (Å²) in [5.41, 5.74) is 1.18. The van der Waals surface area contributed by atoms with E-state index in [2.05, 4.69) is 0 Å². The van der Waals surface area contributed by atoms with Crippen LogP contribution >= 0.6 is 11.6 Å². The Labute approximate surface area is 121 Å². The van der Waals surface area contributed by atoms with Crippen LogP contribution in [0, 0.1) is 17.1 Å². The number of hydrogen-bond acceptors (Lipinski definition) is 3. The molecule has 0 saturated heterocycles. The van der Waals surface area contributed by atoms with Crippen molar-refractivity contribution in [3.63, 3.8) is 0 Å². The summed E-state index contributed by atoms with van der Waals surface area (Å²) < 4.78 is 23.7. The highest BCUT2D eigenvalue weighted by Gasteiger charge is 2.04. The summed E-state index contributed by atoms with van der Waals surface area (Å²) in [7, 11) is 1.51. The minimum Gasteiger partial charge on any atom is -0.497 e. The quantitative estimate of drug-likeness (QED) is 0.857. The molecule has 5 heteroatoms. The molecular weight excluding hydrogens is 281 g/mol. The highest BCUT2D eigenvalue weighted by atomic mass is 35.5. The van der Waals surface area contributed by atoms with Crippen LogP contribution in [0.15, 0.2) is 36.4 Å². The van der Waals surface area contributed by atoms with E-state index in [0.717, 1.165) is 5.56 Å². The molecule has 3 nitrogen and oxygen atoms in total. The molecule has 0 saturated carbocycles. The lowest BCUT2D eigenvalue weighted by Crippen LogP contribution is -1.97. The summed E-state index contributed by atoms with van der Waals surface area (Å²) in [5, 5.41) is 8.96. The lowest BCUT2D eigenvalue weighted by Gasteiger charge is -2.09. The van der Waals surface area contributed by atoms with Crippen molar-refractivity contribution in [1.29, 1.82) is 5.26 Å². The third kappa shape index (κ3) is 3.40. The number of ether oxygens (including phenoxy) is 2. The number of methoxy groups -OCH3 is 1. The highest BCUT2D eigenvalue weighted by molar-refractivity contribution is 6.30. The lowest BCUT2D eigenvalue weighted by atomic mass is 10.2. The maximum atomic E-state index is 13.0. The fourth-order valence-corrected chi connectivity index (χ4v) is 1.84. The Bertz CT molecular complexity index is 667. The van der Waals surface area contributed by atoms with Gasteiger partial charge in [-0.2, -0.15) is 5.26 Å². The van der Waals surface area contributed by atoms with Crippen LogP contribution in [-0.2, 0) is 6.61 Å². The minimum atomic E-state index is -0.469. The molecule has 2 aromatic carbocycles. The Hall–Kier alpha value is -2.25. The Morgan fingerprint density at radius 1 is 1.20 bits per heavy atom. The zero-order valence-electron chi connectivity index (χ0n) is 10.7. The molecule has 0 bridgehead atoms. The van der Waals surface area contributed by atoms with Gasteiger partial charge in [-0.15, -0.1) is 0 Å². The predicted octanol–water partition coefficient (Wildman–Crippen LogP) is 3.94. The number of nitrogens with zero attached hydrogens (tertiary/aromatic N) is 1. The Kier molecular flexibility index (Phi) is 4.44. The summed E-state index contributed by atoms with van der Waals surface area (Å²) in [4.78, 5) is 0. The molecule has 0 aliphatic rings. The van der Waals surface area contributed by atoms with Gasteiger partial charge in [0.2, 0.25) is 0 Å². The van der Waals surface area contributed by atoms with Crippen molar-refractivity contribution in [2.75, 3.05) is 7.11 Å². The van der Waals surface area contributed by atoms with Crippen molar-refractivity contribution in [3.8, 4) is 17.6 Å². The van der Waals surface area contributed by atoms with Crippen LogP contribution in [0.3, 0.4) is 0 Å². The molecule has 0 amide bonds. The van der Waals surface area contributed by atoms with Gasteiger partial charge in [0.1, 0.15) is 23.9 Å². The second-order valence-electron chi connectivity index (χ2n) is 4.05. The molecule has 20 heavy (non-hydrogen) atoms. The molecule has 0 unspecified atom stereocenters. The first-order chi connectivity index (χ1) is 9.62. The number of halogens is 2. The fourth-order valence-electron chi connectivity index (χ4n) is 1.63. The summed E-state index contributed by atoms with van der Waals surface area (Å²) in [6, 6.07) is 11.3. The van der Waals surface area contributed by atoms with Gasteiger partial charge in [0.25, 0.3) is 0 Å². The molecule has 0 heterocycles. The molecule has 0 N–H and O–H groups in total. The zero-order valence-corrected chi connectivity index (χ0v) is 11.4. The van der Waals surface area contributed by atoms with Crippen molar-refractivity contribution in [2.45, 2.75) is 6.61 Å². The maximum Gasteiger partial charge on any atom is 0.141 e. The third-order valence-electron chi connectivity index (χ3n) is 2.63. The first-order valence-electron chi connectivity index (χ1n) is 5.78. The molecule has 0 spiro atoms. The van der Waals surface area contributed by atoms with Crippen LogP contribution in [0.5, 0.6) is 11.5 Å². The fraction of sp³-hybridized carbons (Fsp3) is 0.133. The van der Waals surface area contributed by atoms with Gasteiger partial charge in [0.05, 0.1) is 23.8 Å². The summed E-state index contributed by atoms with van der Waals surface area (Å²) in [6.07, 6.45) is 0. The largest absolute Gasteiger partial charge is 0.497 e. The molecule has 0 aromatic heterocycles. The first-order valence-corrected chi connectivity index (χ1v) is 6.16. The van der Waals surface area contributed by atoms with Crippen molar-refractivity contribution in [3.05, 3.63) is 58.4 Å². The van der Waals surface area contributed by atoms with Crippen LogP contribution in [0.25, 0.3) is 0 Å². The van der Waals surface area contributed by atoms with Gasteiger partial charge in [-0.05, 0) is 29.8 Å². The van der Waals surface area contributed by atoms with E-state index in [4.69, 9.17) is 26.3 Å². The third-order valence-corrected chi connectivity index (χ3v) is 2.92. The summed E-state index contributed by atoms with van der Waals surface area (Å²) in [5.74, 6) is 0.570. The van der Waals surface area contributed by atoms with Gasteiger partial charge in [0, 0.05) is 6.07 Å². The normalized spacial score (nSPS) is 9.90. The first kappa shape index (κ1) is 14.2. The number of rotatable bonds is 4. The standard InChI is InChI=1S/C15H11ClFNO2/c1-19-12-4-11(8-18)5-13(7-12)20-9-10-2-3-15(17)14(16)6-10/h2-7H,9H2,1H3. The highest BCUT2D eigenvalue weighted by Crippen LogP contribution is 2.24. The summed E-state index contributed by atoms with van der Waals surface area (Å²) in [6.45, 7) is 0.220. The van der Waals surface area contributed by atoms with E-state index >= 15 is 0 Å². The Balaban J connectivity index is 2.14. The van der Waals surface area contributed by atoms with Crippen molar-refractivity contribution in [1.82, 2.24) is 0 Å². The van der Waals surface area contributed by atoms with Crippen LogP contribution in [0.4, 0.5) is 4.39 Å². The second kappa shape index (κ2) is 6.27. The molecule has 102 valence electrons. The van der Waals surface area contributed by atoms with Gasteiger partial charge in [0.15, 0.2) is 0 Å². The monoisotopic (exact) mass is 291 g/mol. The van der Waals surface area contributed by atoms with Crippen LogP contribution in [-0.4, -0.2) is 7.11 Å². The SMILES string of the molecule is COc1cc(C#N)cc(OCc2ccc(F)c(Cl)c2)c1. The molecule has 0 radical (unpaired) electrons. The van der Waals surface area contributed by atoms with E-state index in [1.54, 1.807) is 24.3 Å². The van der Waals surface area contributed by atoms with Crippen LogP contribution in [0.2, 0.25) is 5.02 Å². The molecule has 0 atom stereocenters. The summed E-state index contributed by atoms with van der Waals surface area (Å²) >= 11 is 5.70. The van der Waals surface area contributed by atoms with Crippen LogP contribution < -0.4 is 9.47 Å². The number of nitriles is 1. The maximum absolute atomic E-state index is 13.0. The number of benzene rings is 2. The van der Waals surface area contributed by atoms with E-state index in [9.17, 15) is 4.39 Å². The average molecular weight is 292 g/mol. The van der Waals surface area contributed by atoms with Crippen molar-refractivity contribution < 1.29 is 13.9 Å². The molecule has 0 fully saturated rings. The molecule has 2 aromatic rings. The minimum absolute atomic E-state index is 0.0504. The van der Waals surface area contributed by atoms with E-state index in [-0.39, 0.29) is 11.6 Å². The smallest absolute Gasteiger partial charge is 0.141 e.